The molecule has 1 aliphatic rings. The molecule has 60 valence electrons. The maximum Gasteiger partial charge on any atom is 0.246 e. The molecular formula is C9H9BO2. The highest BCUT2D eigenvalue weighted by Gasteiger charge is 2.31. The van der Waals surface area contributed by atoms with E-state index >= 15 is 0 Å². The van der Waals surface area contributed by atoms with E-state index in [9.17, 15) is 0 Å². The maximum atomic E-state index is 5.58. The molecule has 12 heavy (non-hydrogen) atoms. The van der Waals surface area contributed by atoms with Gasteiger partial charge in [-0.15, -0.1) is 0 Å². The summed E-state index contributed by atoms with van der Waals surface area (Å²) in [4.78, 5) is 0. The highest BCUT2D eigenvalue weighted by molar-refractivity contribution is 6.32. The van der Waals surface area contributed by atoms with Gasteiger partial charge < -0.3 is 9.47 Å². The molecule has 1 aliphatic heterocycles. The van der Waals surface area contributed by atoms with Crippen molar-refractivity contribution >= 4 is 13.3 Å². The van der Waals surface area contributed by atoms with Crippen molar-refractivity contribution in [3.8, 4) is 11.5 Å². The molecule has 0 saturated heterocycles. The van der Waals surface area contributed by atoms with Crippen LogP contribution in [0.5, 0.6) is 11.5 Å². The number of benzene rings is 1. The SMILES string of the molecule is [B]c1ccc2c(c1)OC(C)(C)O2. The molecule has 0 N–H and O–H groups in total. The molecule has 1 aromatic rings. The first-order valence-corrected chi connectivity index (χ1v) is 3.84. The van der Waals surface area contributed by atoms with Gasteiger partial charge in [0.05, 0.1) is 0 Å². The van der Waals surface area contributed by atoms with Gasteiger partial charge in [0.1, 0.15) is 7.85 Å². The minimum Gasteiger partial charge on any atom is -0.449 e. The van der Waals surface area contributed by atoms with Gasteiger partial charge in [-0.05, 0) is 12.1 Å². The first kappa shape index (κ1) is 7.53. The topological polar surface area (TPSA) is 18.5 Å². The lowest BCUT2D eigenvalue weighted by atomic mass is 9.96. The molecule has 0 fully saturated rings. The van der Waals surface area contributed by atoms with Crippen LogP contribution in [0.4, 0.5) is 0 Å². The number of ether oxygens (including phenoxy) is 2. The molecule has 1 heterocycles. The summed E-state index contributed by atoms with van der Waals surface area (Å²) in [6, 6.07) is 5.38. The van der Waals surface area contributed by atoms with Crippen molar-refractivity contribution in [1.29, 1.82) is 0 Å². The summed E-state index contributed by atoms with van der Waals surface area (Å²) in [5, 5.41) is 0. The Morgan fingerprint density at radius 1 is 1.17 bits per heavy atom. The molecule has 0 spiro atoms. The van der Waals surface area contributed by atoms with Crippen molar-refractivity contribution in [2.45, 2.75) is 19.6 Å². The smallest absolute Gasteiger partial charge is 0.246 e. The molecule has 3 heteroatoms. The van der Waals surface area contributed by atoms with Crippen molar-refractivity contribution in [3.05, 3.63) is 18.2 Å². The molecule has 0 aromatic heterocycles. The third-order valence-corrected chi connectivity index (χ3v) is 1.68. The van der Waals surface area contributed by atoms with Gasteiger partial charge in [0.25, 0.3) is 0 Å². The van der Waals surface area contributed by atoms with E-state index in [-0.39, 0.29) is 0 Å². The average molecular weight is 160 g/mol. The van der Waals surface area contributed by atoms with E-state index in [2.05, 4.69) is 0 Å². The molecule has 0 atom stereocenters. The normalized spacial score (nSPS) is 17.8. The van der Waals surface area contributed by atoms with Crippen LogP contribution in [0.25, 0.3) is 0 Å². The van der Waals surface area contributed by atoms with E-state index in [4.69, 9.17) is 17.3 Å². The van der Waals surface area contributed by atoms with E-state index in [1.807, 2.05) is 19.9 Å². The van der Waals surface area contributed by atoms with Gasteiger partial charge >= 0.3 is 0 Å². The fourth-order valence-electron chi connectivity index (χ4n) is 1.24. The Bertz CT molecular complexity index is 320. The van der Waals surface area contributed by atoms with E-state index in [1.54, 1.807) is 12.1 Å². The summed E-state index contributed by atoms with van der Waals surface area (Å²) in [6.07, 6.45) is 0. The van der Waals surface area contributed by atoms with E-state index < -0.39 is 5.79 Å². The van der Waals surface area contributed by atoms with Crippen molar-refractivity contribution in [2.75, 3.05) is 0 Å². The second-order valence-corrected chi connectivity index (χ2v) is 3.31. The summed E-state index contributed by atoms with van der Waals surface area (Å²) in [7, 11) is 5.58. The van der Waals surface area contributed by atoms with Crippen LogP contribution >= 0.6 is 0 Å². The first-order valence-electron chi connectivity index (χ1n) is 3.84. The average Bonchev–Trinajstić information content (AvgIpc) is 2.21. The second kappa shape index (κ2) is 2.19. The molecule has 2 nitrogen and oxygen atoms in total. The highest BCUT2D eigenvalue weighted by Crippen LogP contribution is 2.37. The van der Waals surface area contributed by atoms with Crippen LogP contribution in [0.1, 0.15) is 13.8 Å². The number of hydrogen-bond acceptors (Lipinski definition) is 2. The van der Waals surface area contributed by atoms with Crippen LogP contribution in [-0.4, -0.2) is 13.6 Å². The van der Waals surface area contributed by atoms with Gasteiger partial charge in [-0.1, -0.05) is 11.5 Å². The monoisotopic (exact) mass is 160 g/mol. The predicted octanol–water partition coefficient (Wildman–Crippen LogP) is 0.988. The van der Waals surface area contributed by atoms with Crippen molar-refractivity contribution in [1.82, 2.24) is 0 Å². The standard InChI is InChI=1S/C9H9BO2/c1-9(2)11-7-4-3-6(10)5-8(7)12-9/h3-5H,1-2H3. The van der Waals surface area contributed by atoms with E-state index in [0.29, 0.717) is 5.46 Å². The Kier molecular flexibility index (Phi) is 1.37. The minimum atomic E-state index is -0.559. The largest absolute Gasteiger partial charge is 0.449 e. The van der Waals surface area contributed by atoms with Crippen molar-refractivity contribution in [3.63, 3.8) is 0 Å². The zero-order valence-corrected chi connectivity index (χ0v) is 7.13. The van der Waals surface area contributed by atoms with Gasteiger partial charge in [-0.2, -0.15) is 0 Å². The Morgan fingerprint density at radius 3 is 2.58 bits per heavy atom. The Hall–Kier alpha value is -1.12. The number of fused-ring (bicyclic) bond motifs is 1. The first-order chi connectivity index (χ1) is 5.57. The summed E-state index contributed by atoms with van der Waals surface area (Å²) in [5.41, 5.74) is 0.690. The van der Waals surface area contributed by atoms with Crippen LogP contribution in [0.2, 0.25) is 0 Å². The Morgan fingerprint density at radius 2 is 1.83 bits per heavy atom. The summed E-state index contributed by atoms with van der Waals surface area (Å²) in [5.74, 6) is 0.921. The lowest BCUT2D eigenvalue weighted by Crippen LogP contribution is -2.29. The number of hydrogen-bond donors (Lipinski definition) is 0. The van der Waals surface area contributed by atoms with Gasteiger partial charge in [0.2, 0.25) is 5.79 Å². The Balaban J connectivity index is 2.43. The third kappa shape index (κ3) is 1.15. The van der Waals surface area contributed by atoms with Crippen molar-refractivity contribution < 1.29 is 9.47 Å². The van der Waals surface area contributed by atoms with Gasteiger partial charge in [-0.3, -0.25) is 0 Å². The lowest BCUT2D eigenvalue weighted by Gasteiger charge is -2.16. The van der Waals surface area contributed by atoms with Crippen LogP contribution in [0, 0.1) is 0 Å². The highest BCUT2D eigenvalue weighted by atomic mass is 16.7. The molecule has 0 unspecified atom stereocenters. The summed E-state index contributed by atoms with van der Waals surface area (Å²) < 4.78 is 10.9. The zero-order valence-electron chi connectivity index (χ0n) is 7.13. The van der Waals surface area contributed by atoms with Crippen LogP contribution < -0.4 is 14.9 Å². The van der Waals surface area contributed by atoms with Gasteiger partial charge in [0.15, 0.2) is 11.5 Å². The fourth-order valence-corrected chi connectivity index (χ4v) is 1.24. The predicted molar refractivity (Wildman–Crippen MR) is 47.2 cm³/mol. The maximum absolute atomic E-state index is 5.58. The van der Waals surface area contributed by atoms with E-state index in [1.165, 1.54) is 0 Å². The van der Waals surface area contributed by atoms with Crippen molar-refractivity contribution in [2.24, 2.45) is 0 Å². The lowest BCUT2D eigenvalue weighted by molar-refractivity contribution is -0.0431. The second-order valence-electron chi connectivity index (χ2n) is 3.31. The number of rotatable bonds is 0. The van der Waals surface area contributed by atoms with Crippen LogP contribution in [-0.2, 0) is 0 Å². The van der Waals surface area contributed by atoms with E-state index in [0.717, 1.165) is 11.5 Å². The third-order valence-electron chi connectivity index (χ3n) is 1.68. The van der Waals surface area contributed by atoms with Crippen LogP contribution in [0.15, 0.2) is 18.2 Å². The van der Waals surface area contributed by atoms with Gasteiger partial charge in [-0.25, -0.2) is 0 Å². The van der Waals surface area contributed by atoms with Crippen LogP contribution in [0.3, 0.4) is 0 Å². The molecule has 1 aromatic carbocycles. The molecule has 0 bridgehead atoms. The zero-order chi connectivity index (χ0) is 8.77. The summed E-state index contributed by atoms with van der Waals surface area (Å²) >= 11 is 0. The van der Waals surface area contributed by atoms with Gasteiger partial charge in [0, 0.05) is 13.8 Å². The molecule has 0 saturated carbocycles. The minimum absolute atomic E-state index is 0.559. The summed E-state index contributed by atoms with van der Waals surface area (Å²) in [6.45, 7) is 3.73. The molecular weight excluding hydrogens is 151 g/mol. The molecule has 0 amide bonds. The molecule has 0 aliphatic carbocycles. The fraction of sp³-hybridized carbons (Fsp3) is 0.333. The molecule has 2 rings (SSSR count). The quantitative estimate of drug-likeness (QED) is 0.526. The molecule has 2 radical (unpaired) electrons. The Labute approximate surface area is 72.9 Å².